The highest BCUT2D eigenvalue weighted by Gasteiger charge is 2.56. The molecule has 1 fully saturated rings. The molecule has 3 rings (SSSR count). The Morgan fingerprint density at radius 3 is 2.71 bits per heavy atom. The highest BCUT2D eigenvalue weighted by atomic mass is 127. The number of alkyl halides is 1. The van der Waals surface area contributed by atoms with Gasteiger partial charge in [0, 0.05) is 16.2 Å². The molecule has 2 aliphatic rings. The Hall–Kier alpha value is -1.70. The van der Waals surface area contributed by atoms with E-state index in [1.54, 1.807) is 12.2 Å². The summed E-state index contributed by atoms with van der Waals surface area (Å²) in [5.41, 5.74) is -0.436. The van der Waals surface area contributed by atoms with Gasteiger partial charge in [-0.15, -0.1) is 0 Å². The Morgan fingerprint density at radius 1 is 1.39 bits per heavy atom. The number of ether oxygens (including phenoxy) is 1. The lowest BCUT2D eigenvalue weighted by molar-refractivity contribution is -0.0129. The van der Waals surface area contributed by atoms with E-state index in [4.69, 9.17) is 4.74 Å². The van der Waals surface area contributed by atoms with Crippen LogP contribution in [0, 0.1) is 11.6 Å². The Labute approximate surface area is 193 Å². The van der Waals surface area contributed by atoms with E-state index in [0.29, 0.717) is 16.2 Å². The van der Waals surface area contributed by atoms with Gasteiger partial charge in [-0.3, -0.25) is 4.72 Å². The lowest BCUT2D eigenvalue weighted by atomic mass is 10.1. The lowest BCUT2D eigenvalue weighted by Crippen LogP contribution is -2.41. The van der Waals surface area contributed by atoms with Crippen LogP contribution >= 0.6 is 22.6 Å². The fourth-order valence-corrected chi connectivity index (χ4v) is 5.26. The third kappa shape index (κ3) is 5.04. The number of aliphatic hydroxyl groups is 2. The standard InChI is InChI=1S/C20H23F2IN2O5S/c1-2-4-12(5-3-8-23)24-19-17(22)13(21)9-16-18(19)25-31(28,29)20(6-7-20)10-14(26)15(27)11-30-16/h2-5,9,14-15,24-27H,1,6-8,10-11H2/b5-3-,12-4+. The Balaban J connectivity index is 2.15. The van der Waals surface area contributed by atoms with Crippen molar-refractivity contribution in [3.05, 3.63) is 54.3 Å². The zero-order valence-corrected chi connectivity index (χ0v) is 19.4. The average Bonchev–Trinajstić information content (AvgIpc) is 3.50. The van der Waals surface area contributed by atoms with Crippen LogP contribution in [-0.2, 0) is 10.0 Å². The van der Waals surface area contributed by atoms with Crippen molar-refractivity contribution in [1.82, 2.24) is 0 Å². The van der Waals surface area contributed by atoms with Crippen LogP contribution in [0.5, 0.6) is 5.75 Å². The SMILES string of the molecule is C=C/C=C(\C=C/CI)Nc1c(F)c(F)cc2c1NS(=O)(=O)C1(CC1)CC(O)C(O)CO2. The number of fused-ring (bicyclic) bond motifs is 1. The van der Waals surface area contributed by atoms with E-state index in [0.717, 1.165) is 0 Å². The first kappa shape index (κ1) is 24.0. The van der Waals surface area contributed by atoms with Crippen LogP contribution in [0.25, 0.3) is 0 Å². The van der Waals surface area contributed by atoms with Crippen LogP contribution in [-0.4, -0.2) is 46.6 Å². The molecule has 0 radical (unpaired) electrons. The number of hydrogen-bond acceptors (Lipinski definition) is 6. The highest BCUT2D eigenvalue weighted by Crippen LogP contribution is 2.50. The summed E-state index contributed by atoms with van der Waals surface area (Å²) in [6.07, 6.45) is 3.93. The van der Waals surface area contributed by atoms with Crippen molar-refractivity contribution in [2.24, 2.45) is 0 Å². The molecule has 1 saturated carbocycles. The van der Waals surface area contributed by atoms with Crippen molar-refractivity contribution in [2.45, 2.75) is 36.2 Å². The molecule has 1 spiro atoms. The molecular weight excluding hydrogens is 545 g/mol. The minimum atomic E-state index is -4.13. The summed E-state index contributed by atoms with van der Waals surface area (Å²) >= 11 is 2.11. The molecule has 1 heterocycles. The number of aliphatic hydroxyl groups excluding tert-OH is 2. The predicted octanol–water partition coefficient (Wildman–Crippen LogP) is 3.22. The number of anilines is 2. The van der Waals surface area contributed by atoms with Crippen LogP contribution in [0.15, 0.2) is 42.6 Å². The summed E-state index contributed by atoms with van der Waals surface area (Å²) in [5, 5.41) is 23.0. The Bertz CT molecular complexity index is 1020. The van der Waals surface area contributed by atoms with Gasteiger partial charge in [0.05, 0.1) is 10.9 Å². The molecule has 0 saturated heterocycles. The van der Waals surface area contributed by atoms with Gasteiger partial charge in [-0.2, -0.15) is 0 Å². The number of nitrogens with one attached hydrogen (secondary N) is 2. The summed E-state index contributed by atoms with van der Waals surface area (Å²) < 4.78 is 62.5. The van der Waals surface area contributed by atoms with Gasteiger partial charge in [-0.05, 0) is 31.4 Å². The molecule has 1 aromatic carbocycles. The van der Waals surface area contributed by atoms with Crippen molar-refractivity contribution in [3.63, 3.8) is 0 Å². The zero-order chi connectivity index (χ0) is 22.8. The highest BCUT2D eigenvalue weighted by molar-refractivity contribution is 14.1. The normalized spacial score (nSPS) is 24.7. The minimum Gasteiger partial charge on any atom is -0.488 e. The first-order valence-corrected chi connectivity index (χ1v) is 12.5. The van der Waals surface area contributed by atoms with Crippen molar-refractivity contribution < 1.29 is 32.1 Å². The van der Waals surface area contributed by atoms with Gasteiger partial charge in [0.25, 0.3) is 0 Å². The topological polar surface area (TPSA) is 108 Å². The molecule has 0 bridgehead atoms. The van der Waals surface area contributed by atoms with Crippen molar-refractivity contribution >= 4 is 44.0 Å². The first-order valence-electron chi connectivity index (χ1n) is 9.49. The van der Waals surface area contributed by atoms with Crippen LogP contribution < -0.4 is 14.8 Å². The van der Waals surface area contributed by atoms with Gasteiger partial charge < -0.3 is 20.3 Å². The van der Waals surface area contributed by atoms with Gasteiger partial charge >= 0.3 is 0 Å². The summed E-state index contributed by atoms with van der Waals surface area (Å²) in [5.74, 6) is -2.89. The fourth-order valence-electron chi connectivity index (χ4n) is 3.29. The van der Waals surface area contributed by atoms with Crippen molar-refractivity contribution in [2.75, 3.05) is 21.1 Å². The summed E-state index contributed by atoms with van der Waals surface area (Å²) in [7, 11) is -4.13. The Morgan fingerprint density at radius 2 is 2.10 bits per heavy atom. The van der Waals surface area contributed by atoms with E-state index in [9.17, 15) is 27.4 Å². The van der Waals surface area contributed by atoms with Crippen LogP contribution in [0.3, 0.4) is 0 Å². The maximum absolute atomic E-state index is 14.8. The fraction of sp³-hybridized carbons (Fsp3) is 0.400. The molecular formula is C20H23F2IN2O5S. The van der Waals surface area contributed by atoms with Gasteiger partial charge in [0.1, 0.15) is 29.8 Å². The minimum absolute atomic E-state index is 0.200. The molecule has 11 heteroatoms. The largest absolute Gasteiger partial charge is 0.488 e. The third-order valence-electron chi connectivity index (χ3n) is 5.19. The van der Waals surface area contributed by atoms with Gasteiger partial charge in [0.2, 0.25) is 10.0 Å². The van der Waals surface area contributed by atoms with Crippen LogP contribution in [0.4, 0.5) is 20.2 Å². The summed E-state index contributed by atoms with van der Waals surface area (Å²) in [4.78, 5) is 0. The molecule has 2 atom stereocenters. The molecule has 1 aliphatic carbocycles. The molecule has 7 nitrogen and oxygen atoms in total. The van der Waals surface area contributed by atoms with Crippen molar-refractivity contribution in [3.8, 4) is 5.75 Å². The molecule has 31 heavy (non-hydrogen) atoms. The molecule has 1 aliphatic heterocycles. The van der Waals surface area contributed by atoms with Crippen LogP contribution in [0.2, 0.25) is 0 Å². The van der Waals surface area contributed by atoms with Gasteiger partial charge in [-0.25, -0.2) is 17.2 Å². The van der Waals surface area contributed by atoms with E-state index in [-0.39, 0.29) is 30.7 Å². The second-order valence-electron chi connectivity index (χ2n) is 7.40. The van der Waals surface area contributed by atoms with Gasteiger partial charge in [0.15, 0.2) is 11.6 Å². The monoisotopic (exact) mass is 568 g/mol. The lowest BCUT2D eigenvalue weighted by Gasteiger charge is -2.28. The van der Waals surface area contributed by atoms with Crippen LogP contribution in [0.1, 0.15) is 19.3 Å². The van der Waals surface area contributed by atoms with Crippen molar-refractivity contribution in [1.29, 1.82) is 0 Å². The summed E-state index contributed by atoms with van der Waals surface area (Å²) in [6.45, 7) is 3.16. The average molecular weight is 568 g/mol. The van der Waals surface area contributed by atoms with E-state index in [1.165, 1.54) is 12.2 Å². The van der Waals surface area contributed by atoms with E-state index < -0.39 is 50.9 Å². The van der Waals surface area contributed by atoms with Gasteiger partial charge in [-0.1, -0.05) is 41.3 Å². The Kier molecular flexibility index (Phi) is 7.28. The van der Waals surface area contributed by atoms with E-state index >= 15 is 0 Å². The second kappa shape index (κ2) is 9.43. The molecule has 1 aromatic rings. The maximum Gasteiger partial charge on any atom is 0.238 e. The predicted molar refractivity (Wildman–Crippen MR) is 123 cm³/mol. The summed E-state index contributed by atoms with van der Waals surface area (Å²) in [6, 6.07) is 0.705. The number of rotatable bonds is 5. The van der Waals surface area contributed by atoms with E-state index in [1.807, 2.05) is 0 Å². The molecule has 2 unspecified atom stereocenters. The number of allylic oxidation sites excluding steroid dienone is 4. The molecule has 4 N–H and O–H groups in total. The van der Waals surface area contributed by atoms with E-state index in [2.05, 4.69) is 39.2 Å². The third-order valence-corrected chi connectivity index (χ3v) is 7.88. The molecule has 0 aromatic heterocycles. The number of sulfonamides is 1. The quantitative estimate of drug-likeness (QED) is 0.247. The smallest absolute Gasteiger partial charge is 0.238 e. The number of benzene rings is 1. The molecule has 0 amide bonds. The first-order chi connectivity index (χ1) is 14.6. The molecule has 170 valence electrons. The number of hydrogen-bond donors (Lipinski definition) is 4. The zero-order valence-electron chi connectivity index (χ0n) is 16.4. The maximum atomic E-state index is 14.8. The second-order valence-corrected chi connectivity index (χ2v) is 10.4. The number of halogens is 3.